The highest BCUT2D eigenvalue weighted by Crippen LogP contribution is 2.48. The lowest BCUT2D eigenvalue weighted by Crippen LogP contribution is -2.68. The summed E-state index contributed by atoms with van der Waals surface area (Å²) in [5.74, 6) is 1.27. The molecule has 0 spiro atoms. The first kappa shape index (κ1) is 13.2. The van der Waals surface area contributed by atoms with Crippen LogP contribution in [0.1, 0.15) is 32.4 Å². The van der Waals surface area contributed by atoms with Gasteiger partial charge in [-0.3, -0.25) is 0 Å². The van der Waals surface area contributed by atoms with Crippen LogP contribution < -0.4 is 10.1 Å². The van der Waals surface area contributed by atoms with Gasteiger partial charge in [0.05, 0.1) is 6.04 Å². The quantitative estimate of drug-likeness (QED) is 0.791. The Kier molecular flexibility index (Phi) is 3.02. The minimum absolute atomic E-state index is 0.210. The van der Waals surface area contributed by atoms with Crippen LogP contribution in [0.2, 0.25) is 0 Å². The Hall–Kier alpha value is -0.810. The zero-order valence-electron chi connectivity index (χ0n) is 11.2. The van der Waals surface area contributed by atoms with Gasteiger partial charge in [-0.15, -0.1) is 0 Å². The van der Waals surface area contributed by atoms with Gasteiger partial charge in [-0.1, -0.05) is 22.9 Å². The summed E-state index contributed by atoms with van der Waals surface area (Å²) < 4.78 is 7.38. The van der Waals surface area contributed by atoms with Crippen molar-refractivity contribution >= 4 is 33.3 Å². The van der Waals surface area contributed by atoms with Crippen LogP contribution in [0.5, 0.6) is 5.75 Å². The highest BCUT2D eigenvalue weighted by molar-refractivity contribution is 9.10. The molecule has 3 nitrogen and oxygen atoms in total. The molecule has 5 heteroatoms. The van der Waals surface area contributed by atoms with Gasteiger partial charge in [0.2, 0.25) is 0 Å². The molecule has 1 N–H and O–H groups in total. The van der Waals surface area contributed by atoms with Crippen LogP contribution >= 0.6 is 28.1 Å². The van der Waals surface area contributed by atoms with Crippen molar-refractivity contribution in [2.24, 2.45) is 5.92 Å². The van der Waals surface area contributed by atoms with Crippen LogP contribution in [0, 0.1) is 5.92 Å². The van der Waals surface area contributed by atoms with Crippen LogP contribution in [-0.2, 0) is 0 Å². The second kappa shape index (κ2) is 4.35. The number of rotatable bonds is 1. The number of hydrogen-bond acceptors (Lipinski definition) is 2. The number of fused-ring (bicyclic) bond motifs is 4. The van der Waals surface area contributed by atoms with Crippen molar-refractivity contribution in [2.75, 3.05) is 6.54 Å². The molecule has 1 fully saturated rings. The van der Waals surface area contributed by atoms with Gasteiger partial charge in [-0.25, -0.2) is 0 Å². The number of nitrogens with zero attached hydrogens (tertiary/aromatic N) is 1. The normalized spacial score (nSPS) is 32.4. The lowest BCUT2D eigenvalue weighted by Gasteiger charge is -2.56. The van der Waals surface area contributed by atoms with Crippen LogP contribution in [0.15, 0.2) is 22.7 Å². The van der Waals surface area contributed by atoms with Crippen molar-refractivity contribution < 1.29 is 4.74 Å². The molecule has 0 radical (unpaired) electrons. The monoisotopic (exact) mass is 340 g/mol. The summed E-state index contributed by atoms with van der Waals surface area (Å²) in [5, 5.41) is 4.24. The maximum absolute atomic E-state index is 6.31. The fourth-order valence-electron chi connectivity index (χ4n) is 3.12. The molecule has 1 aromatic carbocycles. The number of nitrogens with one attached hydrogen (secondary N) is 1. The molecule has 19 heavy (non-hydrogen) atoms. The molecule has 2 heterocycles. The average Bonchev–Trinajstić information content (AvgIpc) is 2.35. The third-order valence-corrected chi connectivity index (χ3v) is 5.18. The van der Waals surface area contributed by atoms with E-state index < -0.39 is 0 Å². The predicted octanol–water partition coefficient (Wildman–Crippen LogP) is 3.44. The molecule has 3 rings (SSSR count). The Labute approximate surface area is 127 Å². The van der Waals surface area contributed by atoms with E-state index in [1.807, 2.05) is 12.1 Å². The van der Waals surface area contributed by atoms with Crippen molar-refractivity contribution in [1.82, 2.24) is 10.2 Å². The standard InChI is InChI=1S/C14H17BrN2OS/c1-4-17-13(19)16-12-8(2)14(17,3)18-11-6-5-9(15)7-10(11)12/h5-8,12H,4H2,1-3H3,(H,16,19). The van der Waals surface area contributed by atoms with Gasteiger partial charge < -0.3 is 15.0 Å². The van der Waals surface area contributed by atoms with Gasteiger partial charge in [0.1, 0.15) is 5.75 Å². The zero-order valence-corrected chi connectivity index (χ0v) is 13.6. The average molecular weight is 341 g/mol. The van der Waals surface area contributed by atoms with E-state index in [0.29, 0.717) is 5.92 Å². The molecule has 0 saturated carbocycles. The van der Waals surface area contributed by atoms with Crippen LogP contribution in [0.4, 0.5) is 0 Å². The minimum atomic E-state index is -0.372. The van der Waals surface area contributed by atoms with E-state index in [1.54, 1.807) is 0 Å². The molecule has 1 aromatic rings. The third kappa shape index (κ3) is 1.78. The van der Waals surface area contributed by atoms with Gasteiger partial charge in [-0.2, -0.15) is 0 Å². The summed E-state index contributed by atoms with van der Waals surface area (Å²) in [6, 6.07) is 6.37. The van der Waals surface area contributed by atoms with Gasteiger partial charge in [0.25, 0.3) is 0 Å². The molecule has 0 aliphatic carbocycles. The molecule has 3 unspecified atom stereocenters. The fraction of sp³-hybridized carbons (Fsp3) is 0.500. The van der Waals surface area contributed by atoms with Gasteiger partial charge in [0.15, 0.2) is 10.8 Å². The lowest BCUT2D eigenvalue weighted by molar-refractivity contribution is -0.108. The van der Waals surface area contributed by atoms with Gasteiger partial charge >= 0.3 is 0 Å². The molecule has 2 bridgehead atoms. The lowest BCUT2D eigenvalue weighted by atomic mass is 9.81. The van der Waals surface area contributed by atoms with Crippen molar-refractivity contribution in [3.8, 4) is 5.75 Å². The molecule has 2 aliphatic rings. The van der Waals surface area contributed by atoms with E-state index >= 15 is 0 Å². The van der Waals surface area contributed by atoms with Gasteiger partial charge in [0, 0.05) is 22.5 Å². The number of thiocarbonyl (C=S) groups is 1. The minimum Gasteiger partial charge on any atom is -0.467 e. The maximum Gasteiger partial charge on any atom is 0.186 e. The molecular formula is C14H17BrN2OS. The Morgan fingerprint density at radius 3 is 2.95 bits per heavy atom. The largest absolute Gasteiger partial charge is 0.467 e. The Balaban J connectivity index is 2.15. The SMILES string of the molecule is CCN1C(=S)NC2c3cc(Br)ccc3OC1(C)C2C. The van der Waals surface area contributed by atoms with Crippen molar-refractivity contribution in [2.45, 2.75) is 32.5 Å². The highest BCUT2D eigenvalue weighted by Gasteiger charge is 2.52. The number of benzene rings is 1. The summed E-state index contributed by atoms with van der Waals surface area (Å²) in [5.41, 5.74) is 0.806. The number of hydrogen-bond donors (Lipinski definition) is 1. The smallest absolute Gasteiger partial charge is 0.186 e. The second-order valence-electron chi connectivity index (χ2n) is 5.30. The molecule has 1 saturated heterocycles. The number of ether oxygens (including phenoxy) is 1. The predicted molar refractivity (Wildman–Crippen MR) is 83.2 cm³/mol. The summed E-state index contributed by atoms with van der Waals surface area (Å²) >= 11 is 9.02. The first-order chi connectivity index (χ1) is 8.97. The Morgan fingerprint density at radius 1 is 1.53 bits per heavy atom. The first-order valence-corrected chi connectivity index (χ1v) is 7.74. The zero-order chi connectivity index (χ0) is 13.8. The molecule has 2 aliphatic heterocycles. The topological polar surface area (TPSA) is 24.5 Å². The summed E-state index contributed by atoms with van der Waals surface area (Å²) in [7, 11) is 0. The van der Waals surface area contributed by atoms with Crippen molar-refractivity contribution in [3.05, 3.63) is 28.2 Å². The Bertz CT molecular complexity index is 550. The van der Waals surface area contributed by atoms with E-state index in [-0.39, 0.29) is 11.8 Å². The van der Waals surface area contributed by atoms with Crippen molar-refractivity contribution in [3.63, 3.8) is 0 Å². The van der Waals surface area contributed by atoms with Crippen LogP contribution in [0.3, 0.4) is 0 Å². The molecule has 102 valence electrons. The van der Waals surface area contributed by atoms with Crippen molar-refractivity contribution in [1.29, 1.82) is 0 Å². The molecular weight excluding hydrogens is 324 g/mol. The number of halogens is 1. The maximum atomic E-state index is 6.31. The summed E-state index contributed by atoms with van der Waals surface area (Å²) in [6.45, 7) is 7.29. The second-order valence-corrected chi connectivity index (χ2v) is 6.60. The first-order valence-electron chi connectivity index (χ1n) is 6.54. The van der Waals surface area contributed by atoms with Gasteiger partial charge in [-0.05, 0) is 44.3 Å². The summed E-state index contributed by atoms with van der Waals surface area (Å²) in [4.78, 5) is 2.13. The van der Waals surface area contributed by atoms with E-state index in [1.165, 1.54) is 5.56 Å². The molecule has 0 amide bonds. The Morgan fingerprint density at radius 2 is 2.26 bits per heavy atom. The highest BCUT2D eigenvalue weighted by atomic mass is 79.9. The molecule has 3 atom stereocenters. The van der Waals surface area contributed by atoms with E-state index in [2.05, 4.69) is 53.0 Å². The summed E-state index contributed by atoms with van der Waals surface area (Å²) in [6.07, 6.45) is 0. The van der Waals surface area contributed by atoms with E-state index in [4.69, 9.17) is 17.0 Å². The third-order valence-electron chi connectivity index (χ3n) is 4.34. The fourth-order valence-corrected chi connectivity index (χ4v) is 3.94. The van der Waals surface area contributed by atoms with E-state index in [0.717, 1.165) is 21.9 Å². The molecule has 0 aromatic heterocycles. The van der Waals surface area contributed by atoms with Crippen LogP contribution in [-0.4, -0.2) is 22.3 Å². The van der Waals surface area contributed by atoms with E-state index in [9.17, 15) is 0 Å². The van der Waals surface area contributed by atoms with Crippen LogP contribution in [0.25, 0.3) is 0 Å².